The van der Waals surface area contributed by atoms with Gasteiger partial charge in [0.1, 0.15) is 11.6 Å². The lowest BCUT2D eigenvalue weighted by Gasteiger charge is -2.43. The molecule has 0 spiro atoms. The van der Waals surface area contributed by atoms with Gasteiger partial charge in [-0.15, -0.1) is 0 Å². The van der Waals surface area contributed by atoms with Gasteiger partial charge < -0.3 is 15.1 Å². The normalized spacial score (nSPS) is 30.9. The van der Waals surface area contributed by atoms with Crippen LogP contribution in [0.25, 0.3) is 0 Å². The lowest BCUT2D eigenvalue weighted by Crippen LogP contribution is -2.69. The monoisotopic (exact) mass is 281 g/mol. The minimum atomic E-state index is -0.662. The smallest absolute Gasteiger partial charge is 0.248 e. The largest absolute Gasteiger partial charge is 0.340 e. The second-order valence-electron chi connectivity index (χ2n) is 6.65. The van der Waals surface area contributed by atoms with Gasteiger partial charge in [-0.05, 0) is 66.1 Å². The molecule has 0 aromatic carbocycles. The van der Waals surface area contributed by atoms with E-state index in [2.05, 4.69) is 10.2 Å². The van der Waals surface area contributed by atoms with Crippen LogP contribution in [0.3, 0.4) is 0 Å². The molecule has 5 nitrogen and oxygen atoms in total. The molecule has 2 fully saturated rings. The van der Waals surface area contributed by atoms with Crippen molar-refractivity contribution >= 4 is 11.8 Å². The molecule has 2 amide bonds. The Bertz CT molecular complexity index is 393. The summed E-state index contributed by atoms with van der Waals surface area (Å²) in [6, 6.07) is -0.339. The summed E-state index contributed by atoms with van der Waals surface area (Å²) in [4.78, 5) is 28.8. The summed E-state index contributed by atoms with van der Waals surface area (Å²) in [6.45, 7) is 5.42. The fourth-order valence-corrected chi connectivity index (χ4v) is 2.97. The molecule has 1 aliphatic heterocycles. The summed E-state index contributed by atoms with van der Waals surface area (Å²) in [5, 5.41) is 2.95. The second-order valence-corrected chi connectivity index (χ2v) is 6.65. The topological polar surface area (TPSA) is 52.7 Å². The molecular weight excluding hydrogens is 254 g/mol. The van der Waals surface area contributed by atoms with Crippen LogP contribution in [0.4, 0.5) is 0 Å². The maximum atomic E-state index is 12.7. The molecule has 1 N–H and O–H groups in total. The Morgan fingerprint density at radius 3 is 2.50 bits per heavy atom. The van der Waals surface area contributed by atoms with E-state index in [4.69, 9.17) is 0 Å². The highest BCUT2D eigenvalue weighted by atomic mass is 16.2. The number of hydrogen-bond acceptors (Lipinski definition) is 3. The van der Waals surface area contributed by atoms with Crippen LogP contribution in [0, 0.1) is 5.92 Å². The molecule has 114 valence electrons. The molecule has 5 heteroatoms. The van der Waals surface area contributed by atoms with E-state index in [0.717, 1.165) is 32.2 Å². The van der Waals surface area contributed by atoms with Crippen LogP contribution in [-0.2, 0) is 9.59 Å². The summed E-state index contributed by atoms with van der Waals surface area (Å²) in [6.07, 6.45) is 4.09. The van der Waals surface area contributed by atoms with Crippen LogP contribution < -0.4 is 5.32 Å². The molecule has 2 aliphatic rings. The molecule has 2 rings (SSSR count). The van der Waals surface area contributed by atoms with Crippen molar-refractivity contribution < 1.29 is 9.59 Å². The first-order valence-corrected chi connectivity index (χ1v) is 7.64. The van der Waals surface area contributed by atoms with E-state index in [1.165, 1.54) is 0 Å². The van der Waals surface area contributed by atoms with Crippen molar-refractivity contribution in [3.05, 3.63) is 0 Å². The van der Waals surface area contributed by atoms with Gasteiger partial charge in [0.25, 0.3) is 0 Å². The summed E-state index contributed by atoms with van der Waals surface area (Å²) in [7, 11) is 4.10. The first-order chi connectivity index (χ1) is 9.36. The van der Waals surface area contributed by atoms with Gasteiger partial charge in [0.15, 0.2) is 0 Å². The standard InChI is InChI=1S/C15H27N3O2/c1-11-13(19)16-15(2,12-7-8-12)14(20)18(11)10-6-5-9-17(3)4/h11-12H,5-10H2,1-4H3,(H,16,19). The van der Waals surface area contributed by atoms with E-state index >= 15 is 0 Å². The predicted molar refractivity (Wildman–Crippen MR) is 78.2 cm³/mol. The molecule has 1 saturated carbocycles. The zero-order valence-electron chi connectivity index (χ0n) is 13.1. The number of carbonyl (C=O) groups excluding carboxylic acids is 2. The number of nitrogens with one attached hydrogen (secondary N) is 1. The minimum Gasteiger partial charge on any atom is -0.340 e. The molecular formula is C15H27N3O2. The number of amides is 2. The molecule has 20 heavy (non-hydrogen) atoms. The second kappa shape index (κ2) is 5.72. The average molecular weight is 281 g/mol. The number of hydrogen-bond donors (Lipinski definition) is 1. The lowest BCUT2D eigenvalue weighted by atomic mass is 9.89. The van der Waals surface area contributed by atoms with Crippen LogP contribution in [0.5, 0.6) is 0 Å². The van der Waals surface area contributed by atoms with Crippen molar-refractivity contribution in [2.45, 2.75) is 51.1 Å². The van der Waals surface area contributed by atoms with E-state index < -0.39 is 5.54 Å². The highest BCUT2D eigenvalue weighted by Crippen LogP contribution is 2.42. The molecule has 2 unspecified atom stereocenters. The van der Waals surface area contributed by atoms with Crippen LogP contribution >= 0.6 is 0 Å². The van der Waals surface area contributed by atoms with Crippen molar-refractivity contribution in [3.8, 4) is 0 Å². The van der Waals surface area contributed by atoms with Crippen LogP contribution in [0.1, 0.15) is 39.5 Å². The third kappa shape index (κ3) is 2.97. The zero-order valence-corrected chi connectivity index (χ0v) is 13.1. The molecule has 2 atom stereocenters. The molecule has 0 bridgehead atoms. The Kier molecular flexibility index (Phi) is 4.37. The maximum absolute atomic E-state index is 12.7. The quantitative estimate of drug-likeness (QED) is 0.734. The summed E-state index contributed by atoms with van der Waals surface area (Å²) >= 11 is 0. The van der Waals surface area contributed by atoms with Gasteiger partial charge in [-0.2, -0.15) is 0 Å². The Labute approximate surface area is 121 Å². The van der Waals surface area contributed by atoms with Crippen molar-refractivity contribution in [1.82, 2.24) is 15.1 Å². The van der Waals surface area contributed by atoms with Gasteiger partial charge in [-0.25, -0.2) is 0 Å². The molecule has 0 aromatic heterocycles. The third-order valence-electron chi connectivity index (χ3n) is 4.58. The summed E-state index contributed by atoms with van der Waals surface area (Å²) in [5.74, 6) is 0.430. The molecule has 0 radical (unpaired) electrons. The Morgan fingerprint density at radius 1 is 1.30 bits per heavy atom. The first-order valence-electron chi connectivity index (χ1n) is 7.64. The SMILES string of the molecule is CC1C(=O)NC(C)(C2CC2)C(=O)N1CCCCN(C)C. The molecule has 1 aliphatic carbocycles. The minimum absolute atomic E-state index is 0.00777. The van der Waals surface area contributed by atoms with E-state index in [0.29, 0.717) is 12.5 Å². The van der Waals surface area contributed by atoms with Crippen LogP contribution in [0.15, 0.2) is 0 Å². The number of rotatable bonds is 6. The van der Waals surface area contributed by atoms with Crippen molar-refractivity contribution in [3.63, 3.8) is 0 Å². The van der Waals surface area contributed by atoms with Crippen molar-refractivity contribution in [2.75, 3.05) is 27.2 Å². The molecule has 1 heterocycles. The van der Waals surface area contributed by atoms with E-state index in [1.54, 1.807) is 4.90 Å². The van der Waals surface area contributed by atoms with Gasteiger partial charge in [0.2, 0.25) is 11.8 Å². The lowest BCUT2D eigenvalue weighted by molar-refractivity contribution is -0.154. The van der Waals surface area contributed by atoms with Crippen molar-refractivity contribution in [1.29, 1.82) is 0 Å². The van der Waals surface area contributed by atoms with Gasteiger partial charge in [0, 0.05) is 6.54 Å². The van der Waals surface area contributed by atoms with E-state index in [1.807, 2.05) is 27.9 Å². The van der Waals surface area contributed by atoms with Crippen LogP contribution in [-0.4, -0.2) is 60.4 Å². The predicted octanol–water partition coefficient (Wildman–Crippen LogP) is 0.844. The number of unbranched alkanes of at least 4 members (excludes halogenated alkanes) is 1. The van der Waals surface area contributed by atoms with E-state index in [-0.39, 0.29) is 17.9 Å². The summed E-state index contributed by atoms with van der Waals surface area (Å²) in [5.41, 5.74) is -0.662. The third-order valence-corrected chi connectivity index (χ3v) is 4.58. The number of piperazine rings is 1. The van der Waals surface area contributed by atoms with Crippen LogP contribution in [0.2, 0.25) is 0 Å². The highest BCUT2D eigenvalue weighted by Gasteiger charge is 2.54. The zero-order chi connectivity index (χ0) is 14.9. The van der Waals surface area contributed by atoms with E-state index in [9.17, 15) is 9.59 Å². The Hall–Kier alpha value is -1.10. The van der Waals surface area contributed by atoms with Gasteiger partial charge in [-0.1, -0.05) is 0 Å². The fourth-order valence-electron chi connectivity index (χ4n) is 2.97. The Balaban J connectivity index is 1.97. The summed E-state index contributed by atoms with van der Waals surface area (Å²) < 4.78 is 0. The molecule has 1 saturated heterocycles. The van der Waals surface area contributed by atoms with Gasteiger partial charge in [0.05, 0.1) is 0 Å². The fraction of sp³-hybridized carbons (Fsp3) is 0.867. The number of carbonyl (C=O) groups is 2. The van der Waals surface area contributed by atoms with Gasteiger partial charge >= 0.3 is 0 Å². The molecule has 0 aromatic rings. The highest BCUT2D eigenvalue weighted by molar-refractivity contribution is 5.99. The first kappa shape index (κ1) is 15.3. The number of nitrogens with zero attached hydrogens (tertiary/aromatic N) is 2. The van der Waals surface area contributed by atoms with Crippen molar-refractivity contribution in [2.24, 2.45) is 5.92 Å². The van der Waals surface area contributed by atoms with Gasteiger partial charge in [-0.3, -0.25) is 9.59 Å². The maximum Gasteiger partial charge on any atom is 0.248 e. The Morgan fingerprint density at radius 2 is 1.95 bits per heavy atom. The average Bonchev–Trinajstić information content (AvgIpc) is 3.20.